The van der Waals surface area contributed by atoms with Crippen LogP contribution in [-0.2, 0) is 9.47 Å². The Hall–Kier alpha value is -1.11. The molecule has 2 saturated heterocycles. The minimum absolute atomic E-state index is 0.114. The first kappa shape index (κ1) is 12.9. The number of carbonyl (C=O) groups is 1. The van der Waals surface area contributed by atoms with Crippen LogP contribution in [0.5, 0.6) is 0 Å². The second-order valence-corrected chi connectivity index (χ2v) is 5.19. The van der Waals surface area contributed by atoms with E-state index in [2.05, 4.69) is 5.16 Å². The first-order valence-corrected chi connectivity index (χ1v) is 6.68. The summed E-state index contributed by atoms with van der Waals surface area (Å²) in [5.74, 6) is -0.598. The van der Waals surface area contributed by atoms with Gasteiger partial charge in [-0.05, 0) is 6.92 Å². The van der Waals surface area contributed by atoms with Crippen LogP contribution in [-0.4, -0.2) is 48.1 Å². The van der Waals surface area contributed by atoms with Gasteiger partial charge in [-0.3, -0.25) is 4.79 Å². The number of hydrogen-bond acceptors (Lipinski definition) is 5. The average Bonchev–Trinajstić information content (AvgIpc) is 2.99. The third kappa shape index (κ3) is 2.24. The van der Waals surface area contributed by atoms with Crippen LogP contribution >= 0.6 is 11.6 Å². The topological polar surface area (TPSA) is 64.8 Å². The fourth-order valence-electron chi connectivity index (χ4n) is 2.47. The van der Waals surface area contributed by atoms with Gasteiger partial charge in [0.15, 0.2) is 5.79 Å². The summed E-state index contributed by atoms with van der Waals surface area (Å²) < 4.78 is 16.2. The fourth-order valence-corrected chi connectivity index (χ4v) is 2.62. The Balaban J connectivity index is 1.68. The molecule has 0 aliphatic carbocycles. The molecule has 1 amide bonds. The van der Waals surface area contributed by atoms with Gasteiger partial charge in [0, 0.05) is 25.9 Å². The van der Waals surface area contributed by atoms with Gasteiger partial charge >= 0.3 is 0 Å². The largest absolute Gasteiger partial charge is 0.349 e. The quantitative estimate of drug-likeness (QED) is 0.785. The minimum Gasteiger partial charge on any atom is -0.349 e. The van der Waals surface area contributed by atoms with Gasteiger partial charge < -0.3 is 18.9 Å². The molecule has 0 N–H and O–H groups in total. The molecule has 0 aromatic carbocycles. The Kier molecular flexibility index (Phi) is 3.24. The maximum Gasteiger partial charge on any atom is 0.294 e. The average molecular weight is 287 g/mol. The number of nitrogens with zero attached hydrogens (tertiary/aromatic N) is 2. The number of ether oxygens (including phenoxy) is 2. The van der Waals surface area contributed by atoms with Gasteiger partial charge in [0.1, 0.15) is 5.02 Å². The summed E-state index contributed by atoms with van der Waals surface area (Å²) in [5.41, 5.74) is 0.529. The molecule has 2 aliphatic rings. The molecular weight excluding hydrogens is 272 g/mol. The van der Waals surface area contributed by atoms with Crippen LogP contribution in [0, 0.1) is 6.92 Å². The fraction of sp³-hybridized carbons (Fsp3) is 0.667. The van der Waals surface area contributed by atoms with E-state index >= 15 is 0 Å². The number of halogens is 1. The van der Waals surface area contributed by atoms with Crippen molar-refractivity contribution in [2.24, 2.45) is 0 Å². The molecule has 1 aromatic rings. The molecule has 1 spiro atoms. The van der Waals surface area contributed by atoms with Crippen molar-refractivity contribution >= 4 is 17.5 Å². The van der Waals surface area contributed by atoms with E-state index in [1.165, 1.54) is 0 Å². The lowest BCUT2D eigenvalue weighted by atomic mass is 10.0. The van der Waals surface area contributed by atoms with Crippen molar-refractivity contribution in [1.82, 2.24) is 10.1 Å². The summed E-state index contributed by atoms with van der Waals surface area (Å²) >= 11 is 5.99. The number of piperidine rings is 1. The van der Waals surface area contributed by atoms with Gasteiger partial charge in [0.2, 0.25) is 5.76 Å². The molecule has 2 fully saturated rings. The highest BCUT2D eigenvalue weighted by Crippen LogP contribution is 2.32. The van der Waals surface area contributed by atoms with E-state index in [0.717, 1.165) is 0 Å². The first-order valence-electron chi connectivity index (χ1n) is 6.30. The Bertz CT molecular complexity index is 486. The summed E-state index contributed by atoms with van der Waals surface area (Å²) in [7, 11) is 0. The lowest BCUT2D eigenvalue weighted by molar-refractivity contribution is -0.181. The Morgan fingerprint density at radius 1 is 1.32 bits per heavy atom. The van der Waals surface area contributed by atoms with Crippen molar-refractivity contribution < 1.29 is 18.8 Å². The van der Waals surface area contributed by atoms with Gasteiger partial charge in [0.25, 0.3) is 5.91 Å². The van der Waals surface area contributed by atoms with E-state index < -0.39 is 5.79 Å². The van der Waals surface area contributed by atoms with Gasteiger partial charge in [0.05, 0.1) is 18.9 Å². The number of aromatic nitrogens is 1. The molecule has 1 aromatic heterocycles. The van der Waals surface area contributed by atoms with E-state index in [-0.39, 0.29) is 11.7 Å². The van der Waals surface area contributed by atoms with Crippen LogP contribution in [0.3, 0.4) is 0 Å². The highest BCUT2D eigenvalue weighted by Gasteiger charge is 2.41. The number of rotatable bonds is 1. The molecule has 3 rings (SSSR count). The van der Waals surface area contributed by atoms with Crippen LogP contribution < -0.4 is 0 Å². The highest BCUT2D eigenvalue weighted by molar-refractivity contribution is 6.33. The first-order chi connectivity index (χ1) is 9.11. The van der Waals surface area contributed by atoms with Crippen molar-refractivity contribution in [1.29, 1.82) is 0 Å². The lowest BCUT2D eigenvalue weighted by Gasteiger charge is -2.37. The maximum atomic E-state index is 12.3. The van der Waals surface area contributed by atoms with E-state index in [1.807, 2.05) is 0 Å². The van der Waals surface area contributed by atoms with Gasteiger partial charge in [-0.25, -0.2) is 0 Å². The van der Waals surface area contributed by atoms with Crippen molar-refractivity contribution in [2.45, 2.75) is 25.6 Å². The van der Waals surface area contributed by atoms with Crippen molar-refractivity contribution in [3.63, 3.8) is 0 Å². The zero-order chi connectivity index (χ0) is 13.5. The summed E-state index contributed by atoms with van der Waals surface area (Å²) in [6.45, 7) is 4.08. The number of amides is 1. The normalized spacial score (nSPS) is 22.1. The molecule has 2 aliphatic heterocycles. The molecule has 0 radical (unpaired) electrons. The van der Waals surface area contributed by atoms with Gasteiger partial charge in [-0.15, -0.1) is 0 Å². The van der Waals surface area contributed by atoms with E-state index in [0.29, 0.717) is 49.9 Å². The van der Waals surface area contributed by atoms with Crippen LogP contribution in [0.2, 0.25) is 5.02 Å². The van der Waals surface area contributed by atoms with Crippen LogP contribution in [0.1, 0.15) is 29.1 Å². The molecule has 0 bridgehead atoms. The number of carbonyl (C=O) groups excluding carboxylic acids is 1. The predicted octanol–water partition coefficient (Wildman–Crippen LogP) is 1.62. The van der Waals surface area contributed by atoms with E-state index in [1.54, 1.807) is 11.8 Å². The monoisotopic (exact) mass is 286 g/mol. The number of aryl methyl sites for hydroxylation is 1. The Morgan fingerprint density at radius 3 is 2.47 bits per heavy atom. The molecule has 0 saturated carbocycles. The summed E-state index contributed by atoms with van der Waals surface area (Å²) in [4.78, 5) is 14.0. The van der Waals surface area contributed by atoms with Crippen LogP contribution in [0.15, 0.2) is 4.52 Å². The SMILES string of the molecule is Cc1noc(C(=O)N2CCC3(CC2)OCCO3)c1Cl. The highest BCUT2D eigenvalue weighted by atomic mass is 35.5. The summed E-state index contributed by atoms with van der Waals surface area (Å²) in [6, 6.07) is 0. The molecule has 6 nitrogen and oxygen atoms in total. The standard InChI is InChI=1S/C12H15ClN2O4/c1-8-9(13)10(19-14-8)11(16)15-4-2-12(3-5-15)17-6-7-18-12/h2-7H2,1H3. The summed E-state index contributed by atoms with van der Waals surface area (Å²) in [5, 5.41) is 3.99. The molecule has 19 heavy (non-hydrogen) atoms. The second kappa shape index (κ2) is 4.77. The van der Waals surface area contributed by atoms with Crippen molar-refractivity contribution in [2.75, 3.05) is 26.3 Å². The van der Waals surface area contributed by atoms with Crippen molar-refractivity contribution in [3.8, 4) is 0 Å². The Labute approximate surface area is 115 Å². The predicted molar refractivity (Wildman–Crippen MR) is 66.0 cm³/mol. The molecule has 104 valence electrons. The third-order valence-electron chi connectivity index (χ3n) is 3.61. The van der Waals surface area contributed by atoms with E-state index in [9.17, 15) is 4.79 Å². The van der Waals surface area contributed by atoms with Crippen LogP contribution in [0.4, 0.5) is 0 Å². The number of likely N-dealkylation sites (tertiary alicyclic amines) is 1. The molecular formula is C12H15ClN2O4. The minimum atomic E-state index is -0.488. The van der Waals surface area contributed by atoms with Gasteiger partial charge in [-0.2, -0.15) is 0 Å². The van der Waals surface area contributed by atoms with Gasteiger partial charge in [-0.1, -0.05) is 16.8 Å². The van der Waals surface area contributed by atoms with Crippen LogP contribution in [0.25, 0.3) is 0 Å². The third-order valence-corrected chi connectivity index (χ3v) is 4.06. The maximum absolute atomic E-state index is 12.3. The van der Waals surface area contributed by atoms with E-state index in [4.69, 9.17) is 25.6 Å². The number of hydrogen-bond donors (Lipinski definition) is 0. The lowest BCUT2D eigenvalue weighted by Crippen LogP contribution is -2.47. The smallest absolute Gasteiger partial charge is 0.294 e. The summed E-state index contributed by atoms with van der Waals surface area (Å²) in [6.07, 6.45) is 1.34. The molecule has 0 atom stereocenters. The second-order valence-electron chi connectivity index (χ2n) is 4.81. The Morgan fingerprint density at radius 2 is 1.95 bits per heavy atom. The molecule has 0 unspecified atom stereocenters. The molecule has 3 heterocycles. The van der Waals surface area contributed by atoms with Crippen molar-refractivity contribution in [3.05, 3.63) is 16.5 Å². The zero-order valence-corrected chi connectivity index (χ0v) is 11.4. The molecule has 7 heteroatoms. The zero-order valence-electron chi connectivity index (χ0n) is 10.6.